The van der Waals surface area contributed by atoms with Crippen LogP contribution in [0.15, 0.2) is 77.7 Å². The Morgan fingerprint density at radius 1 is 1.07 bits per heavy atom. The number of halogens is 1. The Labute approximate surface area is 250 Å². The van der Waals surface area contributed by atoms with Crippen LogP contribution in [0.4, 0.5) is 0 Å². The summed E-state index contributed by atoms with van der Waals surface area (Å²) in [7, 11) is -7.94. The molecule has 10 nitrogen and oxygen atoms in total. The van der Waals surface area contributed by atoms with Crippen molar-refractivity contribution in [1.29, 1.82) is 0 Å². The summed E-state index contributed by atoms with van der Waals surface area (Å²) in [6, 6.07) is 18.8. The van der Waals surface area contributed by atoms with Crippen LogP contribution < -0.4 is 19.5 Å². The van der Waals surface area contributed by atoms with Crippen molar-refractivity contribution >= 4 is 43.5 Å². The molecule has 4 rings (SSSR count). The summed E-state index contributed by atoms with van der Waals surface area (Å²) in [5.74, 6) is -0.371. The van der Waals surface area contributed by atoms with Crippen LogP contribution >= 0.6 is 11.6 Å². The molecule has 2 unspecified atom stereocenters. The number of hydrogen-bond donors (Lipinski definition) is 3. The molecule has 224 valence electrons. The van der Waals surface area contributed by atoms with E-state index in [4.69, 9.17) is 16.3 Å². The summed E-state index contributed by atoms with van der Waals surface area (Å²) >= 11 is 6.41. The van der Waals surface area contributed by atoms with Crippen molar-refractivity contribution in [3.05, 3.63) is 94.5 Å². The van der Waals surface area contributed by atoms with Crippen molar-refractivity contribution in [2.75, 3.05) is 13.2 Å². The molecule has 1 saturated heterocycles. The highest BCUT2D eigenvalue weighted by Crippen LogP contribution is 2.35. The van der Waals surface area contributed by atoms with Gasteiger partial charge in [0.25, 0.3) is 0 Å². The number of unbranched alkanes of at least 4 members (excludes halogenated alkanes) is 1. The third-order valence-corrected chi connectivity index (χ3v) is 10.1. The highest BCUT2D eigenvalue weighted by Gasteiger charge is 2.39. The number of ether oxygens (including phenoxy) is 1. The predicted molar refractivity (Wildman–Crippen MR) is 159 cm³/mol. The molecule has 0 bridgehead atoms. The molecule has 2 amide bonds. The lowest BCUT2D eigenvalue weighted by molar-refractivity contribution is -0.122. The average molecular weight is 634 g/mol. The molecular weight excluding hydrogens is 602 g/mol. The lowest BCUT2D eigenvalue weighted by atomic mass is 10.0. The van der Waals surface area contributed by atoms with E-state index in [9.17, 15) is 26.4 Å². The van der Waals surface area contributed by atoms with Gasteiger partial charge in [0.15, 0.2) is 0 Å². The zero-order chi connectivity index (χ0) is 30.3. The van der Waals surface area contributed by atoms with Gasteiger partial charge in [0.05, 0.1) is 17.9 Å². The van der Waals surface area contributed by atoms with Gasteiger partial charge >= 0.3 is 0 Å². The smallest absolute Gasteiger partial charge is 0.242 e. The Morgan fingerprint density at radius 2 is 1.83 bits per heavy atom. The Morgan fingerprint density at radius 3 is 2.50 bits per heavy atom. The van der Waals surface area contributed by atoms with E-state index < -0.39 is 43.2 Å². The Hall–Kier alpha value is -3.45. The molecule has 3 aromatic carbocycles. The highest BCUT2D eigenvalue weighted by atomic mass is 35.5. The first kappa shape index (κ1) is 31.5. The van der Waals surface area contributed by atoms with Crippen LogP contribution in [-0.4, -0.2) is 47.8 Å². The zero-order valence-electron chi connectivity index (χ0n) is 22.9. The molecule has 2 atom stereocenters. The largest absolute Gasteiger partial charge is 0.494 e. The van der Waals surface area contributed by atoms with Crippen LogP contribution in [0.5, 0.6) is 5.75 Å². The molecule has 1 aliphatic heterocycles. The van der Waals surface area contributed by atoms with E-state index in [1.807, 2.05) is 35.9 Å². The van der Waals surface area contributed by atoms with Crippen LogP contribution in [0.3, 0.4) is 0 Å². The maximum atomic E-state index is 13.2. The first-order chi connectivity index (χ1) is 19.9. The van der Waals surface area contributed by atoms with E-state index in [2.05, 4.69) is 10.0 Å². The summed E-state index contributed by atoms with van der Waals surface area (Å²) < 4.78 is 60.9. The number of nitrogens with one attached hydrogen (secondary N) is 3. The van der Waals surface area contributed by atoms with Gasteiger partial charge in [-0.25, -0.2) is 16.8 Å². The number of hydrogen-bond acceptors (Lipinski definition) is 7. The summed E-state index contributed by atoms with van der Waals surface area (Å²) in [4.78, 5) is 24.9. The third-order valence-electron chi connectivity index (χ3n) is 6.65. The van der Waals surface area contributed by atoms with E-state index >= 15 is 0 Å². The van der Waals surface area contributed by atoms with Gasteiger partial charge in [-0.3, -0.25) is 14.3 Å². The van der Waals surface area contributed by atoms with Crippen molar-refractivity contribution in [2.24, 2.45) is 0 Å². The molecule has 0 aliphatic carbocycles. The highest BCUT2D eigenvalue weighted by molar-refractivity contribution is 7.90. The van der Waals surface area contributed by atoms with Crippen molar-refractivity contribution in [1.82, 2.24) is 14.8 Å². The molecule has 0 radical (unpaired) electrons. The molecule has 13 heteroatoms. The lowest BCUT2D eigenvalue weighted by Crippen LogP contribution is -2.48. The molecule has 0 spiro atoms. The van der Waals surface area contributed by atoms with Gasteiger partial charge in [-0.1, -0.05) is 54.1 Å². The second-order valence-electron chi connectivity index (χ2n) is 9.97. The number of carbonyl (C=O) groups is 2. The maximum absolute atomic E-state index is 13.2. The van der Waals surface area contributed by atoms with Crippen LogP contribution in [-0.2, 0) is 36.1 Å². The summed E-state index contributed by atoms with van der Waals surface area (Å²) in [5.41, 5.74) is 1.84. The minimum atomic E-state index is -4.04. The molecular formula is C29H32ClN3O7S2. The number of amides is 2. The lowest BCUT2D eigenvalue weighted by Gasteiger charge is -2.20. The summed E-state index contributed by atoms with van der Waals surface area (Å²) in [6.45, 7) is 2.75. The van der Waals surface area contributed by atoms with Gasteiger partial charge in [0.2, 0.25) is 31.9 Å². The minimum Gasteiger partial charge on any atom is -0.494 e. The summed E-state index contributed by atoms with van der Waals surface area (Å²) in [5, 5.41) is 1.76. The normalized spacial score (nSPS) is 16.9. The minimum absolute atomic E-state index is 0.00749. The third kappa shape index (κ3) is 8.31. The van der Waals surface area contributed by atoms with Gasteiger partial charge in [-0.2, -0.15) is 4.72 Å². The Bertz CT molecular complexity index is 1650. The van der Waals surface area contributed by atoms with Crippen LogP contribution in [0, 0.1) is 6.92 Å². The molecule has 42 heavy (non-hydrogen) atoms. The Balaban J connectivity index is 1.42. The molecule has 0 aromatic heterocycles. The molecule has 3 aromatic rings. The van der Waals surface area contributed by atoms with E-state index in [0.717, 1.165) is 11.3 Å². The van der Waals surface area contributed by atoms with Gasteiger partial charge in [-0.05, 0) is 73.2 Å². The molecule has 3 N–H and O–H groups in total. The van der Waals surface area contributed by atoms with E-state index in [1.165, 1.54) is 24.3 Å². The van der Waals surface area contributed by atoms with Crippen LogP contribution in [0.25, 0.3) is 0 Å². The van der Waals surface area contributed by atoms with Crippen molar-refractivity contribution in [3.63, 3.8) is 0 Å². The standard InChI is InChI=1S/C29H32ClN3O7S2/c1-20-8-7-9-22(16-20)40-15-6-5-14-31-29(35)26(32-41(36,37)23-10-3-2-4-11-23)18-21-12-13-24(25(30)17-21)27-19-28(34)33-42(27,38)39/h2-4,7-13,16-17,26-27,32H,5-6,14-15,18-19H2,1H3,(H,31,35)(H,33,34). The van der Waals surface area contributed by atoms with Crippen LogP contribution in [0.1, 0.15) is 41.2 Å². The van der Waals surface area contributed by atoms with Crippen molar-refractivity contribution in [3.8, 4) is 5.75 Å². The molecule has 0 saturated carbocycles. The maximum Gasteiger partial charge on any atom is 0.242 e. The summed E-state index contributed by atoms with van der Waals surface area (Å²) in [6.07, 6.45) is 0.980. The fourth-order valence-electron chi connectivity index (χ4n) is 4.52. The second kappa shape index (κ2) is 13.7. The predicted octanol–water partition coefficient (Wildman–Crippen LogP) is 3.40. The van der Waals surface area contributed by atoms with E-state index in [1.54, 1.807) is 24.3 Å². The van der Waals surface area contributed by atoms with Gasteiger partial charge in [-0.15, -0.1) is 0 Å². The second-order valence-corrected chi connectivity index (χ2v) is 14.0. The number of benzene rings is 3. The first-order valence-corrected chi connectivity index (χ1v) is 16.7. The average Bonchev–Trinajstić information content (AvgIpc) is 3.21. The SMILES string of the molecule is Cc1cccc(OCCCCNC(=O)C(Cc2ccc(C3CC(=O)NS3(=O)=O)c(Cl)c2)NS(=O)(=O)c2ccccc2)c1. The quantitative estimate of drug-likeness (QED) is 0.244. The number of sulfonamides is 2. The molecule has 1 heterocycles. The molecule has 1 fully saturated rings. The van der Waals surface area contributed by atoms with Crippen molar-refractivity contribution in [2.45, 2.75) is 48.8 Å². The fourth-order valence-corrected chi connectivity index (χ4v) is 7.59. The molecule has 1 aliphatic rings. The fraction of sp³-hybridized carbons (Fsp3) is 0.310. The zero-order valence-corrected chi connectivity index (χ0v) is 25.3. The van der Waals surface area contributed by atoms with Gasteiger partial charge in [0.1, 0.15) is 17.0 Å². The van der Waals surface area contributed by atoms with E-state index in [0.29, 0.717) is 31.6 Å². The first-order valence-electron chi connectivity index (χ1n) is 13.3. The van der Waals surface area contributed by atoms with Crippen molar-refractivity contribution < 1.29 is 31.2 Å². The topological polar surface area (TPSA) is 148 Å². The number of aryl methyl sites for hydroxylation is 1. The van der Waals surface area contributed by atoms with E-state index in [-0.39, 0.29) is 28.3 Å². The van der Waals surface area contributed by atoms with Crippen LogP contribution in [0.2, 0.25) is 5.02 Å². The Kier molecular flexibility index (Phi) is 10.3. The van der Waals surface area contributed by atoms with Gasteiger partial charge in [0, 0.05) is 11.6 Å². The monoisotopic (exact) mass is 633 g/mol. The van der Waals surface area contributed by atoms with Gasteiger partial charge < -0.3 is 10.1 Å². The number of carbonyl (C=O) groups excluding carboxylic acids is 2. The number of rotatable bonds is 13.